The van der Waals surface area contributed by atoms with Crippen LogP contribution in [-0.4, -0.2) is 9.97 Å². The Morgan fingerprint density at radius 2 is 1.56 bits per heavy atom. The molecular weight excluding hydrogens is 200 g/mol. The first kappa shape index (κ1) is 8.97. The van der Waals surface area contributed by atoms with Crippen molar-refractivity contribution < 1.29 is 0 Å². The molecule has 2 heterocycles. The van der Waals surface area contributed by atoms with Crippen molar-refractivity contribution in [3.8, 4) is 11.4 Å². The molecule has 16 heavy (non-hydrogen) atoms. The third kappa shape index (κ3) is 1.34. The largest absolute Gasteiger partial charge is 0.270 e. The second kappa shape index (κ2) is 3.38. The van der Waals surface area contributed by atoms with Crippen molar-refractivity contribution in [3.05, 3.63) is 58.9 Å². The normalized spacial score (nSPS) is 10.8. The average molecular weight is 208 g/mol. The number of hydrogen-bond acceptors (Lipinski definition) is 3. The molecular formula is C13H8N2O. The minimum atomic E-state index is -0.247. The Morgan fingerprint density at radius 3 is 2.50 bits per heavy atom. The monoisotopic (exact) mass is 208 g/mol. The fourth-order valence-corrected chi connectivity index (χ4v) is 1.76. The van der Waals surface area contributed by atoms with Crippen LogP contribution in [0.1, 0.15) is 0 Å². The molecule has 0 amide bonds. The van der Waals surface area contributed by atoms with E-state index in [9.17, 15) is 4.79 Å². The molecule has 0 saturated carbocycles. The highest BCUT2D eigenvalue weighted by atomic mass is 16.1. The zero-order chi connectivity index (χ0) is 11.0. The zero-order valence-corrected chi connectivity index (χ0v) is 8.42. The first-order valence-corrected chi connectivity index (χ1v) is 5.00. The van der Waals surface area contributed by atoms with E-state index in [0.29, 0.717) is 5.69 Å². The summed E-state index contributed by atoms with van der Waals surface area (Å²) in [5.41, 5.74) is 2.04. The molecule has 2 aliphatic heterocycles. The van der Waals surface area contributed by atoms with Gasteiger partial charge in [-0.15, -0.1) is 0 Å². The number of nitrogens with zero attached hydrogens (tertiary/aromatic N) is 2. The van der Waals surface area contributed by atoms with Crippen molar-refractivity contribution in [1.82, 2.24) is 9.97 Å². The van der Waals surface area contributed by atoms with Crippen LogP contribution >= 0.6 is 0 Å². The summed E-state index contributed by atoms with van der Waals surface area (Å²) in [6.07, 6.45) is 0. The summed E-state index contributed by atoms with van der Waals surface area (Å²) >= 11 is 0. The van der Waals surface area contributed by atoms with Gasteiger partial charge in [-0.05, 0) is 12.1 Å². The van der Waals surface area contributed by atoms with E-state index >= 15 is 0 Å². The van der Waals surface area contributed by atoms with Crippen LogP contribution in [0.4, 0.5) is 0 Å². The maximum atomic E-state index is 11.4. The molecule has 0 unspecified atom stereocenters. The van der Waals surface area contributed by atoms with Crippen molar-refractivity contribution in [2.45, 2.75) is 0 Å². The molecule has 0 fully saturated rings. The molecule has 0 N–H and O–H groups in total. The van der Waals surface area contributed by atoms with Crippen LogP contribution in [-0.2, 0) is 0 Å². The summed E-state index contributed by atoms with van der Waals surface area (Å²) < 4.78 is 0. The Bertz CT molecular complexity index is 694. The Labute approximate surface area is 91.8 Å². The topological polar surface area (TPSA) is 42.9 Å². The summed E-state index contributed by atoms with van der Waals surface area (Å²) in [6, 6.07) is 14.5. The third-order valence-corrected chi connectivity index (χ3v) is 2.47. The van der Waals surface area contributed by atoms with Gasteiger partial charge in [0.25, 0.3) is 5.56 Å². The molecule has 3 nitrogen and oxygen atoms in total. The summed E-state index contributed by atoms with van der Waals surface area (Å²) in [4.78, 5) is 19.9. The minimum absolute atomic E-state index is 0.247. The second-order valence-corrected chi connectivity index (χ2v) is 3.53. The van der Waals surface area contributed by atoms with Gasteiger partial charge in [0.15, 0.2) is 0 Å². The lowest BCUT2D eigenvalue weighted by molar-refractivity contribution is 1.26. The Morgan fingerprint density at radius 1 is 0.812 bits per heavy atom. The van der Waals surface area contributed by atoms with Gasteiger partial charge < -0.3 is 0 Å². The third-order valence-electron chi connectivity index (χ3n) is 2.47. The number of benzene rings is 1. The highest BCUT2D eigenvalue weighted by Gasteiger charge is 2.10. The van der Waals surface area contributed by atoms with Gasteiger partial charge in [-0.25, -0.2) is 9.97 Å². The molecule has 0 spiro atoms. The molecule has 76 valence electrons. The van der Waals surface area contributed by atoms with E-state index in [1.807, 2.05) is 30.3 Å². The molecule has 1 aromatic rings. The number of hydrogen-bond donors (Lipinski definition) is 0. The van der Waals surface area contributed by atoms with Crippen molar-refractivity contribution in [2.24, 2.45) is 0 Å². The maximum Gasteiger partial charge on any atom is 0.270 e. The lowest BCUT2D eigenvalue weighted by Crippen LogP contribution is -2.01. The van der Waals surface area contributed by atoms with E-state index in [1.165, 1.54) is 6.07 Å². The highest BCUT2D eigenvalue weighted by Crippen LogP contribution is 2.26. The van der Waals surface area contributed by atoms with Gasteiger partial charge in [0.05, 0.1) is 11.2 Å². The highest BCUT2D eigenvalue weighted by molar-refractivity contribution is 5.94. The van der Waals surface area contributed by atoms with Gasteiger partial charge in [0, 0.05) is 11.5 Å². The molecule has 0 saturated heterocycles. The van der Waals surface area contributed by atoms with Gasteiger partial charge in [-0.3, -0.25) is 4.79 Å². The van der Waals surface area contributed by atoms with E-state index in [2.05, 4.69) is 9.97 Å². The van der Waals surface area contributed by atoms with Crippen molar-refractivity contribution in [2.75, 3.05) is 0 Å². The lowest BCUT2D eigenvalue weighted by Gasteiger charge is -1.90. The van der Waals surface area contributed by atoms with E-state index in [4.69, 9.17) is 0 Å². The second-order valence-electron chi connectivity index (χ2n) is 3.53. The van der Waals surface area contributed by atoms with Crippen LogP contribution in [0, 0.1) is 0 Å². The van der Waals surface area contributed by atoms with E-state index < -0.39 is 0 Å². The molecule has 0 aromatic heterocycles. The fourth-order valence-electron chi connectivity index (χ4n) is 1.76. The average Bonchev–Trinajstić information content (AvgIpc) is 2.60. The van der Waals surface area contributed by atoms with Gasteiger partial charge in [-0.2, -0.15) is 0 Å². The Kier molecular flexibility index (Phi) is 1.90. The summed E-state index contributed by atoms with van der Waals surface area (Å²) in [6.45, 7) is 0. The Balaban J connectivity index is 2.54. The predicted molar refractivity (Wildman–Crippen MR) is 62.4 cm³/mol. The zero-order valence-electron chi connectivity index (χ0n) is 8.42. The smallest absolute Gasteiger partial charge is 0.267 e. The molecule has 3 rings (SSSR count). The summed E-state index contributed by atoms with van der Waals surface area (Å²) in [7, 11) is 0. The van der Waals surface area contributed by atoms with Crippen molar-refractivity contribution in [3.63, 3.8) is 0 Å². The van der Waals surface area contributed by atoms with Crippen LogP contribution in [0.15, 0.2) is 53.3 Å². The Hall–Kier alpha value is -2.29. The quantitative estimate of drug-likeness (QED) is 0.568. The SMILES string of the molecule is O=c1ccccc2nc3ccccc3c-2n1. The van der Waals surface area contributed by atoms with E-state index in [0.717, 1.165) is 16.6 Å². The minimum Gasteiger partial charge on any atom is -0.267 e. The van der Waals surface area contributed by atoms with Crippen LogP contribution in [0.2, 0.25) is 0 Å². The number of fused-ring (bicyclic) bond motifs is 3. The van der Waals surface area contributed by atoms with Gasteiger partial charge in [0.2, 0.25) is 0 Å². The fraction of sp³-hybridized carbons (Fsp3) is 0. The van der Waals surface area contributed by atoms with Gasteiger partial charge >= 0.3 is 0 Å². The van der Waals surface area contributed by atoms with Crippen molar-refractivity contribution >= 4 is 10.9 Å². The standard InChI is InChI=1S/C13H8N2O/c16-12-8-4-3-7-11-13(15-12)9-5-1-2-6-10(9)14-11/h1-8H. The first-order chi connectivity index (χ1) is 7.84. The molecule has 3 heteroatoms. The van der Waals surface area contributed by atoms with Crippen molar-refractivity contribution in [1.29, 1.82) is 0 Å². The molecule has 2 aliphatic rings. The van der Waals surface area contributed by atoms with E-state index in [-0.39, 0.29) is 5.56 Å². The van der Waals surface area contributed by atoms with Crippen LogP contribution in [0.25, 0.3) is 22.3 Å². The number of aromatic nitrogens is 2. The van der Waals surface area contributed by atoms with Gasteiger partial charge in [-0.1, -0.05) is 30.3 Å². The number of rotatable bonds is 0. The summed E-state index contributed by atoms with van der Waals surface area (Å²) in [5.74, 6) is 0. The maximum absolute atomic E-state index is 11.4. The molecule has 1 aromatic carbocycles. The van der Waals surface area contributed by atoms with Crippen LogP contribution in [0.3, 0.4) is 0 Å². The number of para-hydroxylation sites is 1. The van der Waals surface area contributed by atoms with Crippen LogP contribution in [0.5, 0.6) is 0 Å². The van der Waals surface area contributed by atoms with Gasteiger partial charge in [0.1, 0.15) is 5.69 Å². The predicted octanol–water partition coefficient (Wildman–Crippen LogP) is 2.09. The molecule has 0 bridgehead atoms. The molecule has 0 radical (unpaired) electrons. The van der Waals surface area contributed by atoms with E-state index in [1.54, 1.807) is 12.1 Å². The molecule has 0 atom stereocenters. The first-order valence-electron chi connectivity index (χ1n) is 5.00. The summed E-state index contributed by atoms with van der Waals surface area (Å²) in [5, 5.41) is 0.922. The van der Waals surface area contributed by atoms with Crippen LogP contribution < -0.4 is 5.56 Å². The molecule has 0 aliphatic carbocycles. The lowest BCUT2D eigenvalue weighted by atomic mass is 10.2.